The molecule has 0 aliphatic heterocycles. The molecular weight excluding hydrogens is 242 g/mol. The molecule has 80 valence electrons. The lowest BCUT2D eigenvalue weighted by molar-refractivity contribution is 0.281. The van der Waals surface area contributed by atoms with E-state index in [1.165, 1.54) is 4.70 Å². The Bertz CT molecular complexity index is 677. The van der Waals surface area contributed by atoms with Gasteiger partial charge in [-0.15, -0.1) is 11.3 Å². The second kappa shape index (κ2) is 3.70. The van der Waals surface area contributed by atoms with Crippen LogP contribution in [0.15, 0.2) is 30.5 Å². The average Bonchev–Trinajstić information content (AvgIpc) is 2.69. The molecular formula is C12H8ClNOS. The maximum absolute atomic E-state index is 9.13. The molecule has 0 bridgehead atoms. The summed E-state index contributed by atoms with van der Waals surface area (Å²) in [4.78, 5) is 4.37. The van der Waals surface area contributed by atoms with Crippen molar-refractivity contribution in [1.82, 2.24) is 4.98 Å². The molecule has 0 saturated carbocycles. The standard InChI is InChI=1S/C12H8ClNOS/c13-10-7(6-15)5-14-11-8-3-1-2-4-9(8)16-12(10)11/h1-5,15H,6H2. The summed E-state index contributed by atoms with van der Waals surface area (Å²) >= 11 is 7.84. The van der Waals surface area contributed by atoms with Crippen molar-refractivity contribution in [3.05, 3.63) is 41.0 Å². The van der Waals surface area contributed by atoms with Gasteiger partial charge < -0.3 is 5.11 Å². The van der Waals surface area contributed by atoms with Crippen LogP contribution in [0.25, 0.3) is 20.3 Å². The molecule has 1 aromatic carbocycles. The van der Waals surface area contributed by atoms with Crippen molar-refractivity contribution in [3.63, 3.8) is 0 Å². The molecule has 0 amide bonds. The van der Waals surface area contributed by atoms with Gasteiger partial charge in [0.25, 0.3) is 0 Å². The van der Waals surface area contributed by atoms with E-state index in [0.717, 1.165) is 15.6 Å². The van der Waals surface area contributed by atoms with Gasteiger partial charge in [-0.05, 0) is 6.07 Å². The van der Waals surface area contributed by atoms with E-state index in [1.807, 2.05) is 18.2 Å². The summed E-state index contributed by atoms with van der Waals surface area (Å²) < 4.78 is 2.12. The van der Waals surface area contributed by atoms with Crippen LogP contribution in [0.2, 0.25) is 5.02 Å². The van der Waals surface area contributed by atoms with Crippen LogP contribution in [-0.4, -0.2) is 10.1 Å². The molecule has 2 heterocycles. The van der Waals surface area contributed by atoms with Crippen LogP contribution in [0.1, 0.15) is 5.56 Å². The molecule has 0 aliphatic carbocycles. The molecule has 0 aliphatic rings. The zero-order chi connectivity index (χ0) is 11.1. The Morgan fingerprint density at radius 3 is 2.94 bits per heavy atom. The maximum Gasteiger partial charge on any atom is 0.0903 e. The fourth-order valence-corrected chi connectivity index (χ4v) is 3.20. The summed E-state index contributed by atoms with van der Waals surface area (Å²) in [5.74, 6) is 0. The second-order valence-electron chi connectivity index (χ2n) is 3.53. The Kier molecular flexibility index (Phi) is 2.32. The number of aliphatic hydroxyl groups excluding tert-OH is 1. The van der Waals surface area contributed by atoms with E-state index in [0.29, 0.717) is 10.6 Å². The number of pyridine rings is 1. The van der Waals surface area contributed by atoms with E-state index in [-0.39, 0.29) is 6.61 Å². The number of benzene rings is 1. The molecule has 0 spiro atoms. The number of rotatable bonds is 1. The van der Waals surface area contributed by atoms with Crippen molar-refractivity contribution in [3.8, 4) is 0 Å². The van der Waals surface area contributed by atoms with Gasteiger partial charge in [-0.1, -0.05) is 29.8 Å². The molecule has 2 aromatic heterocycles. The number of fused-ring (bicyclic) bond motifs is 3. The number of nitrogens with zero attached hydrogens (tertiary/aromatic N) is 1. The van der Waals surface area contributed by atoms with E-state index in [2.05, 4.69) is 11.1 Å². The zero-order valence-corrected chi connectivity index (χ0v) is 9.85. The van der Waals surface area contributed by atoms with Crippen molar-refractivity contribution in [2.24, 2.45) is 0 Å². The maximum atomic E-state index is 9.13. The Balaban J connectivity index is 2.49. The van der Waals surface area contributed by atoms with E-state index in [4.69, 9.17) is 16.7 Å². The third-order valence-electron chi connectivity index (χ3n) is 2.57. The second-order valence-corrected chi connectivity index (χ2v) is 4.96. The number of thiophene rings is 1. The van der Waals surface area contributed by atoms with Crippen LogP contribution in [-0.2, 0) is 6.61 Å². The smallest absolute Gasteiger partial charge is 0.0903 e. The van der Waals surface area contributed by atoms with E-state index in [9.17, 15) is 0 Å². The summed E-state index contributed by atoms with van der Waals surface area (Å²) in [6.45, 7) is -0.0734. The van der Waals surface area contributed by atoms with Crippen molar-refractivity contribution in [1.29, 1.82) is 0 Å². The van der Waals surface area contributed by atoms with Crippen LogP contribution >= 0.6 is 22.9 Å². The highest BCUT2D eigenvalue weighted by Gasteiger charge is 2.11. The SMILES string of the molecule is OCc1cnc2c(sc3ccccc32)c1Cl. The molecule has 1 N–H and O–H groups in total. The summed E-state index contributed by atoms with van der Waals surface area (Å²) in [5.41, 5.74) is 1.60. The Labute approximate surface area is 101 Å². The van der Waals surface area contributed by atoms with E-state index in [1.54, 1.807) is 17.5 Å². The van der Waals surface area contributed by atoms with Gasteiger partial charge in [0.1, 0.15) is 0 Å². The number of hydrogen-bond acceptors (Lipinski definition) is 3. The lowest BCUT2D eigenvalue weighted by Gasteiger charge is -1.99. The third kappa shape index (κ3) is 1.33. The minimum Gasteiger partial charge on any atom is -0.392 e. The summed E-state index contributed by atoms with van der Waals surface area (Å²) in [6, 6.07) is 8.08. The monoisotopic (exact) mass is 249 g/mol. The van der Waals surface area contributed by atoms with Gasteiger partial charge in [-0.2, -0.15) is 0 Å². The normalized spacial score (nSPS) is 11.4. The van der Waals surface area contributed by atoms with Gasteiger partial charge >= 0.3 is 0 Å². The first kappa shape index (κ1) is 10.0. The first-order chi connectivity index (χ1) is 7.81. The largest absolute Gasteiger partial charge is 0.392 e. The fourth-order valence-electron chi connectivity index (χ4n) is 1.76. The molecule has 0 atom stereocenters. The van der Waals surface area contributed by atoms with E-state index < -0.39 is 0 Å². The minimum atomic E-state index is -0.0734. The van der Waals surface area contributed by atoms with Crippen molar-refractivity contribution in [2.45, 2.75) is 6.61 Å². The number of aliphatic hydroxyl groups is 1. The highest BCUT2D eigenvalue weighted by molar-refractivity contribution is 7.26. The van der Waals surface area contributed by atoms with E-state index >= 15 is 0 Å². The molecule has 4 heteroatoms. The summed E-state index contributed by atoms with van der Waals surface area (Å²) in [7, 11) is 0. The van der Waals surface area contributed by atoms with Crippen LogP contribution in [0.3, 0.4) is 0 Å². The lowest BCUT2D eigenvalue weighted by atomic mass is 10.2. The first-order valence-corrected chi connectivity index (χ1v) is 6.06. The number of aromatic nitrogens is 1. The first-order valence-electron chi connectivity index (χ1n) is 4.86. The van der Waals surface area contributed by atoms with Gasteiger partial charge in [-0.3, -0.25) is 4.98 Å². The lowest BCUT2D eigenvalue weighted by Crippen LogP contribution is -1.86. The predicted molar refractivity (Wildman–Crippen MR) is 68.1 cm³/mol. The summed E-state index contributed by atoms with van der Waals surface area (Å²) in [5, 5.41) is 10.9. The molecule has 0 saturated heterocycles. The van der Waals surface area contributed by atoms with Crippen LogP contribution < -0.4 is 0 Å². The highest BCUT2D eigenvalue weighted by atomic mass is 35.5. The number of halogens is 1. The molecule has 0 unspecified atom stereocenters. The number of hydrogen-bond donors (Lipinski definition) is 1. The zero-order valence-electron chi connectivity index (χ0n) is 8.27. The van der Waals surface area contributed by atoms with Crippen molar-refractivity contribution in [2.75, 3.05) is 0 Å². The molecule has 0 fully saturated rings. The van der Waals surface area contributed by atoms with Gasteiger partial charge in [0.2, 0.25) is 0 Å². The predicted octanol–water partition coefficient (Wildman–Crippen LogP) is 3.60. The van der Waals surface area contributed by atoms with Gasteiger partial charge in [0.15, 0.2) is 0 Å². The molecule has 0 radical (unpaired) electrons. The van der Waals surface area contributed by atoms with Crippen molar-refractivity contribution >= 4 is 43.2 Å². The van der Waals surface area contributed by atoms with Gasteiger partial charge in [0, 0.05) is 21.8 Å². The van der Waals surface area contributed by atoms with Crippen LogP contribution in [0, 0.1) is 0 Å². The van der Waals surface area contributed by atoms with Gasteiger partial charge in [0.05, 0.1) is 21.8 Å². The molecule has 3 rings (SSSR count). The average molecular weight is 250 g/mol. The fraction of sp³-hybridized carbons (Fsp3) is 0.0833. The Morgan fingerprint density at radius 2 is 2.12 bits per heavy atom. The molecule has 16 heavy (non-hydrogen) atoms. The molecule has 3 aromatic rings. The minimum absolute atomic E-state index is 0.0734. The third-order valence-corrected chi connectivity index (χ3v) is 4.29. The molecule has 2 nitrogen and oxygen atoms in total. The quantitative estimate of drug-likeness (QED) is 0.715. The van der Waals surface area contributed by atoms with Gasteiger partial charge in [-0.25, -0.2) is 0 Å². The van der Waals surface area contributed by atoms with Crippen LogP contribution in [0.5, 0.6) is 0 Å². The Morgan fingerprint density at radius 1 is 1.31 bits per heavy atom. The van der Waals surface area contributed by atoms with Crippen molar-refractivity contribution < 1.29 is 5.11 Å². The highest BCUT2D eigenvalue weighted by Crippen LogP contribution is 2.37. The van der Waals surface area contributed by atoms with Crippen LogP contribution in [0.4, 0.5) is 0 Å². The Hall–Kier alpha value is -1.16. The summed E-state index contributed by atoms with van der Waals surface area (Å²) in [6.07, 6.45) is 1.64. The topological polar surface area (TPSA) is 33.1 Å².